The van der Waals surface area contributed by atoms with E-state index in [9.17, 15) is 28.2 Å². The number of rotatable bonds is 9. The van der Waals surface area contributed by atoms with E-state index in [1.54, 1.807) is 33.2 Å². The van der Waals surface area contributed by atoms with Gasteiger partial charge in [0.1, 0.15) is 28.2 Å². The van der Waals surface area contributed by atoms with Crippen molar-refractivity contribution in [1.29, 1.82) is 0 Å². The van der Waals surface area contributed by atoms with Gasteiger partial charge in [-0.1, -0.05) is 12.1 Å². The van der Waals surface area contributed by atoms with Gasteiger partial charge in [-0.2, -0.15) is 4.98 Å². The minimum Gasteiger partial charge on any atom is -0.406 e. The Morgan fingerprint density at radius 3 is 2.56 bits per heavy atom. The molecule has 1 aliphatic rings. The lowest BCUT2D eigenvalue weighted by Crippen LogP contribution is -2.39. The smallest absolute Gasteiger partial charge is 0.406 e. The van der Waals surface area contributed by atoms with E-state index in [0.717, 1.165) is 4.70 Å². The van der Waals surface area contributed by atoms with E-state index >= 15 is 0 Å². The zero-order chi connectivity index (χ0) is 30.9. The molecule has 0 radical (unpaired) electrons. The van der Waals surface area contributed by atoms with Crippen LogP contribution < -0.4 is 20.7 Å². The summed E-state index contributed by atoms with van der Waals surface area (Å²) in [5.41, 5.74) is 2.49. The molecule has 5 N–H and O–H groups in total. The standard InChI is InChI=1S/C28H30F3N7O4S/c1-4-33-25(41)17-11-18(23(40)22(17)39)36-24-21(26-37-19-12-32-10-9-20(19)43-26)14(3)35-27(38-24)34-13(2)15-5-7-16(8-6-15)42-28(29,30)31/h5-10,12-13,17-18,22-23,39-40H,4,11H2,1-3H3,(H,33,41)(H2,34,35,36,38)/t13-,17+,18-,22-,23+/m1/s1. The Kier molecular flexibility index (Phi) is 8.66. The molecule has 1 aliphatic carbocycles. The predicted octanol–water partition coefficient (Wildman–Crippen LogP) is 4.19. The third-order valence-electron chi connectivity index (χ3n) is 7.15. The van der Waals surface area contributed by atoms with Gasteiger partial charge in [0, 0.05) is 12.7 Å². The van der Waals surface area contributed by atoms with Gasteiger partial charge in [-0.25, -0.2) is 9.97 Å². The summed E-state index contributed by atoms with van der Waals surface area (Å²) in [6, 6.07) is 6.19. The van der Waals surface area contributed by atoms with E-state index in [-0.39, 0.29) is 24.0 Å². The number of pyridine rings is 1. The average Bonchev–Trinajstić information content (AvgIpc) is 3.49. The minimum absolute atomic E-state index is 0.159. The number of hydrogen-bond acceptors (Lipinski definition) is 11. The highest BCUT2D eigenvalue weighted by Gasteiger charge is 2.45. The topological polar surface area (TPSA) is 154 Å². The van der Waals surface area contributed by atoms with Crippen LogP contribution in [0.4, 0.5) is 24.9 Å². The first kappa shape index (κ1) is 30.4. The van der Waals surface area contributed by atoms with Gasteiger partial charge in [0.2, 0.25) is 11.9 Å². The van der Waals surface area contributed by atoms with Crippen molar-refractivity contribution >= 4 is 39.2 Å². The molecule has 0 spiro atoms. The molecule has 3 aromatic heterocycles. The van der Waals surface area contributed by atoms with Crippen molar-refractivity contribution in [2.24, 2.45) is 5.92 Å². The SMILES string of the molecule is CCNC(=O)[C@H]1C[C@@H](Nc2nc(N[C@H](C)c3ccc(OC(F)(F)F)cc3)nc(C)c2-c2nc3cnccc3s2)[C@H](O)[C@@H]1O. The Morgan fingerprint density at radius 2 is 1.88 bits per heavy atom. The summed E-state index contributed by atoms with van der Waals surface area (Å²) in [4.78, 5) is 30.7. The number of aryl methyl sites for hydroxylation is 1. The maximum atomic E-state index is 12.6. The fourth-order valence-corrected chi connectivity index (χ4v) is 6.07. The first-order chi connectivity index (χ1) is 20.4. The number of hydrogen-bond donors (Lipinski definition) is 5. The number of fused-ring (bicyclic) bond motifs is 1. The van der Waals surface area contributed by atoms with Crippen molar-refractivity contribution in [3.63, 3.8) is 0 Å². The van der Waals surface area contributed by atoms with Gasteiger partial charge in [0.05, 0.1) is 46.3 Å². The number of thiazole rings is 1. The molecule has 0 saturated heterocycles. The maximum Gasteiger partial charge on any atom is 0.573 e. The second kappa shape index (κ2) is 12.3. The number of halogens is 3. The van der Waals surface area contributed by atoms with Gasteiger partial charge in [0.25, 0.3) is 0 Å². The number of aliphatic hydroxyl groups excluding tert-OH is 2. The van der Waals surface area contributed by atoms with Gasteiger partial charge in [0.15, 0.2) is 0 Å². The van der Waals surface area contributed by atoms with Crippen molar-refractivity contribution < 1.29 is 32.9 Å². The van der Waals surface area contributed by atoms with Crippen molar-refractivity contribution in [1.82, 2.24) is 25.3 Å². The summed E-state index contributed by atoms with van der Waals surface area (Å²) < 4.78 is 42.5. The van der Waals surface area contributed by atoms with E-state index in [2.05, 4.69) is 30.7 Å². The summed E-state index contributed by atoms with van der Waals surface area (Å²) in [7, 11) is 0. The van der Waals surface area contributed by atoms with Gasteiger partial charge < -0.3 is 30.9 Å². The fourth-order valence-electron chi connectivity index (χ4n) is 5.04. The molecule has 1 fully saturated rings. The van der Waals surface area contributed by atoms with Gasteiger partial charge in [-0.3, -0.25) is 9.78 Å². The minimum atomic E-state index is -4.79. The number of anilines is 2. The molecule has 5 rings (SSSR count). The lowest BCUT2D eigenvalue weighted by Gasteiger charge is -2.22. The monoisotopic (exact) mass is 617 g/mol. The molecule has 43 heavy (non-hydrogen) atoms. The number of carbonyl (C=O) groups is 1. The number of aliphatic hydroxyl groups is 2. The van der Waals surface area contributed by atoms with E-state index in [4.69, 9.17) is 9.97 Å². The van der Waals surface area contributed by atoms with E-state index in [1.807, 2.05) is 6.07 Å². The van der Waals surface area contributed by atoms with Crippen molar-refractivity contribution in [2.75, 3.05) is 17.2 Å². The Morgan fingerprint density at radius 1 is 1.14 bits per heavy atom. The number of nitrogens with zero attached hydrogens (tertiary/aromatic N) is 4. The fraction of sp³-hybridized carbons (Fsp3) is 0.393. The quantitative estimate of drug-likeness (QED) is 0.185. The molecular weight excluding hydrogens is 587 g/mol. The largest absolute Gasteiger partial charge is 0.573 e. The predicted molar refractivity (Wildman–Crippen MR) is 155 cm³/mol. The molecule has 0 aliphatic heterocycles. The first-order valence-electron chi connectivity index (χ1n) is 13.6. The van der Waals surface area contributed by atoms with Crippen molar-refractivity contribution in [2.45, 2.75) is 57.8 Å². The second-order valence-corrected chi connectivity index (χ2v) is 11.2. The van der Waals surface area contributed by atoms with Gasteiger partial charge >= 0.3 is 6.36 Å². The number of benzene rings is 1. The summed E-state index contributed by atoms with van der Waals surface area (Å²) in [6.45, 7) is 5.75. The summed E-state index contributed by atoms with van der Waals surface area (Å²) in [6.07, 6.45) is -3.83. The molecule has 228 valence electrons. The zero-order valence-corrected chi connectivity index (χ0v) is 24.2. The molecule has 1 aromatic carbocycles. The molecule has 0 bridgehead atoms. The molecule has 5 atom stereocenters. The van der Waals surface area contributed by atoms with Crippen LogP contribution in [0, 0.1) is 12.8 Å². The Bertz CT molecular complexity index is 1570. The highest BCUT2D eigenvalue weighted by Crippen LogP contribution is 2.38. The zero-order valence-electron chi connectivity index (χ0n) is 23.4. The molecule has 0 unspecified atom stereocenters. The summed E-state index contributed by atoms with van der Waals surface area (Å²) in [5.74, 6) is -0.951. The van der Waals surface area contributed by atoms with Crippen LogP contribution in [-0.2, 0) is 4.79 Å². The van der Waals surface area contributed by atoms with Crippen LogP contribution in [0.2, 0.25) is 0 Å². The average molecular weight is 618 g/mol. The van der Waals surface area contributed by atoms with E-state index in [0.29, 0.717) is 39.7 Å². The molecule has 1 amide bonds. The van der Waals surface area contributed by atoms with Crippen molar-refractivity contribution in [3.05, 3.63) is 54.0 Å². The van der Waals surface area contributed by atoms with Crippen molar-refractivity contribution in [3.8, 4) is 16.3 Å². The van der Waals surface area contributed by atoms with Crippen LogP contribution in [0.15, 0.2) is 42.7 Å². The summed E-state index contributed by atoms with van der Waals surface area (Å²) >= 11 is 1.41. The van der Waals surface area contributed by atoms with Gasteiger partial charge in [-0.15, -0.1) is 24.5 Å². The van der Waals surface area contributed by atoms with E-state index in [1.165, 1.54) is 35.6 Å². The Labute approximate surface area is 248 Å². The number of ether oxygens (including phenoxy) is 1. The highest BCUT2D eigenvalue weighted by atomic mass is 32.1. The lowest BCUT2D eigenvalue weighted by atomic mass is 10.0. The Hall–Kier alpha value is -4.08. The molecule has 1 saturated carbocycles. The third-order valence-corrected chi connectivity index (χ3v) is 8.20. The maximum absolute atomic E-state index is 12.6. The first-order valence-corrected chi connectivity index (χ1v) is 14.4. The van der Waals surface area contributed by atoms with E-state index < -0.39 is 36.6 Å². The molecule has 4 aromatic rings. The molecule has 15 heteroatoms. The normalized spacial score (nSPS) is 21.0. The molecular formula is C28H30F3N7O4S. The number of nitrogens with one attached hydrogen (secondary N) is 3. The van der Waals surface area contributed by atoms with Crippen LogP contribution in [0.1, 0.15) is 37.6 Å². The lowest BCUT2D eigenvalue weighted by molar-refractivity contribution is -0.274. The number of carbonyl (C=O) groups excluding carboxylic acids is 1. The van der Waals surface area contributed by atoms with Crippen LogP contribution in [0.5, 0.6) is 5.75 Å². The van der Waals surface area contributed by atoms with Gasteiger partial charge in [-0.05, 0) is 51.0 Å². The molecule has 11 nitrogen and oxygen atoms in total. The number of alkyl halides is 3. The summed E-state index contributed by atoms with van der Waals surface area (Å²) in [5, 5.41) is 31.2. The molecule has 3 heterocycles. The second-order valence-electron chi connectivity index (χ2n) is 10.2. The number of amides is 1. The van der Waals surface area contributed by atoms with Crippen LogP contribution in [0.3, 0.4) is 0 Å². The highest BCUT2D eigenvalue weighted by molar-refractivity contribution is 7.21. The van der Waals surface area contributed by atoms with Crippen LogP contribution in [-0.4, -0.2) is 67.2 Å². The third kappa shape index (κ3) is 6.78. The number of aromatic nitrogens is 4. The van der Waals surface area contributed by atoms with Crippen LogP contribution >= 0.6 is 11.3 Å². The van der Waals surface area contributed by atoms with Crippen LogP contribution in [0.25, 0.3) is 20.8 Å². The Balaban J connectivity index is 1.46.